The molecule has 5 heteroatoms. The first-order chi connectivity index (χ1) is 10.6. The lowest BCUT2D eigenvalue weighted by molar-refractivity contribution is 0.145. The summed E-state index contributed by atoms with van der Waals surface area (Å²) in [6, 6.07) is 0. The number of guanidine groups is 1. The quantitative estimate of drug-likeness (QED) is 0.368. The average molecular weight is 313 g/mol. The molecule has 0 spiro atoms. The van der Waals surface area contributed by atoms with E-state index in [0.29, 0.717) is 11.9 Å². The molecule has 0 aromatic heterocycles. The van der Waals surface area contributed by atoms with Crippen LogP contribution in [0.15, 0.2) is 4.99 Å². The van der Waals surface area contributed by atoms with E-state index in [9.17, 15) is 0 Å². The number of ether oxygens (including phenoxy) is 1. The molecule has 22 heavy (non-hydrogen) atoms. The Morgan fingerprint density at radius 2 is 2.09 bits per heavy atom. The maximum absolute atomic E-state index is 5.90. The zero-order valence-corrected chi connectivity index (χ0v) is 14.8. The summed E-state index contributed by atoms with van der Waals surface area (Å²) in [4.78, 5) is 7.08. The van der Waals surface area contributed by atoms with E-state index < -0.39 is 0 Å². The molecule has 0 aliphatic carbocycles. The van der Waals surface area contributed by atoms with Gasteiger partial charge >= 0.3 is 0 Å². The number of piperidine rings is 1. The number of aliphatic imine (C=N–C) groups is 1. The van der Waals surface area contributed by atoms with Gasteiger partial charge in [0.05, 0.1) is 0 Å². The van der Waals surface area contributed by atoms with Crippen molar-refractivity contribution in [2.24, 2.45) is 22.6 Å². The third-order valence-electron chi connectivity index (χ3n) is 4.23. The average Bonchev–Trinajstić information content (AvgIpc) is 2.51. The summed E-state index contributed by atoms with van der Waals surface area (Å²) in [5, 5.41) is 3.16. The van der Waals surface area contributed by atoms with Crippen LogP contribution in [0.2, 0.25) is 0 Å². The number of nitrogens with two attached hydrogens (primary N) is 1. The molecule has 0 atom stereocenters. The molecule has 1 saturated heterocycles. The van der Waals surface area contributed by atoms with Gasteiger partial charge in [-0.05, 0) is 64.1 Å². The minimum atomic E-state index is 0.582. The van der Waals surface area contributed by atoms with Crippen LogP contribution in [0.3, 0.4) is 0 Å². The van der Waals surface area contributed by atoms with E-state index in [1.807, 2.05) is 6.92 Å². The topological polar surface area (TPSA) is 62.9 Å². The Balaban J connectivity index is 2.08. The Morgan fingerprint density at radius 3 is 2.73 bits per heavy atom. The van der Waals surface area contributed by atoms with Crippen LogP contribution in [-0.4, -0.2) is 56.8 Å². The van der Waals surface area contributed by atoms with E-state index in [4.69, 9.17) is 10.5 Å². The first kappa shape index (κ1) is 19.2. The largest absolute Gasteiger partial charge is 0.382 e. The van der Waals surface area contributed by atoms with Gasteiger partial charge in [0.15, 0.2) is 5.96 Å². The molecule has 0 unspecified atom stereocenters. The van der Waals surface area contributed by atoms with Crippen LogP contribution in [-0.2, 0) is 4.74 Å². The van der Waals surface area contributed by atoms with Crippen LogP contribution >= 0.6 is 0 Å². The van der Waals surface area contributed by atoms with Crippen molar-refractivity contribution in [2.45, 2.75) is 46.5 Å². The molecule has 0 saturated carbocycles. The van der Waals surface area contributed by atoms with Crippen LogP contribution < -0.4 is 11.1 Å². The maximum Gasteiger partial charge on any atom is 0.188 e. The second kappa shape index (κ2) is 11.7. The van der Waals surface area contributed by atoms with Gasteiger partial charge in [0, 0.05) is 26.3 Å². The van der Waals surface area contributed by atoms with Crippen LogP contribution in [0.5, 0.6) is 0 Å². The zero-order chi connectivity index (χ0) is 16.2. The van der Waals surface area contributed by atoms with Crippen LogP contribution in [0.1, 0.15) is 46.5 Å². The van der Waals surface area contributed by atoms with E-state index in [0.717, 1.165) is 38.6 Å². The van der Waals surface area contributed by atoms with Crippen molar-refractivity contribution in [2.75, 3.05) is 45.9 Å². The molecule has 130 valence electrons. The van der Waals surface area contributed by atoms with Gasteiger partial charge < -0.3 is 20.7 Å². The fourth-order valence-corrected chi connectivity index (χ4v) is 2.65. The lowest BCUT2D eigenvalue weighted by Gasteiger charge is -2.31. The van der Waals surface area contributed by atoms with Gasteiger partial charge in [0.2, 0.25) is 0 Å². The second-order valence-corrected chi connectivity index (χ2v) is 6.67. The fraction of sp³-hybridized carbons (Fsp3) is 0.941. The summed E-state index contributed by atoms with van der Waals surface area (Å²) in [5.74, 6) is 2.08. The molecule has 1 fully saturated rings. The molecular formula is C17H36N4O. The van der Waals surface area contributed by atoms with Gasteiger partial charge in [-0.15, -0.1) is 0 Å². The highest BCUT2D eigenvalue weighted by molar-refractivity contribution is 5.77. The molecule has 3 N–H and O–H groups in total. The zero-order valence-electron chi connectivity index (χ0n) is 14.8. The predicted octanol–water partition coefficient (Wildman–Crippen LogP) is 2.08. The van der Waals surface area contributed by atoms with Crippen molar-refractivity contribution in [1.82, 2.24) is 10.2 Å². The highest BCUT2D eigenvalue weighted by Crippen LogP contribution is 2.18. The molecule has 0 aromatic rings. The Hall–Kier alpha value is -0.810. The van der Waals surface area contributed by atoms with E-state index in [1.54, 1.807) is 0 Å². The number of rotatable bonds is 10. The van der Waals surface area contributed by atoms with E-state index in [2.05, 4.69) is 29.1 Å². The summed E-state index contributed by atoms with van der Waals surface area (Å²) in [6.07, 6.45) is 4.78. The van der Waals surface area contributed by atoms with Gasteiger partial charge in [-0.25, -0.2) is 0 Å². The molecule has 0 amide bonds. The van der Waals surface area contributed by atoms with Crippen molar-refractivity contribution in [3.05, 3.63) is 0 Å². The monoisotopic (exact) mass is 312 g/mol. The lowest BCUT2D eigenvalue weighted by atomic mass is 9.96. The second-order valence-electron chi connectivity index (χ2n) is 6.67. The Bertz CT molecular complexity index is 299. The molecule has 1 heterocycles. The maximum atomic E-state index is 5.90. The summed E-state index contributed by atoms with van der Waals surface area (Å²) < 4.78 is 5.29. The molecule has 0 aromatic carbocycles. The highest BCUT2D eigenvalue weighted by atomic mass is 16.5. The standard InChI is InChI=1S/C17H36N4O/c1-4-22-13-5-9-19-17(18)20-14-16-7-11-21(12-8-16)10-6-15(2)3/h15-16H,4-14H2,1-3H3,(H3,18,19,20). The summed E-state index contributed by atoms with van der Waals surface area (Å²) in [6.45, 7) is 13.5. The number of likely N-dealkylation sites (tertiary alicyclic amines) is 1. The molecule has 1 rings (SSSR count). The summed E-state index contributed by atoms with van der Waals surface area (Å²) >= 11 is 0. The Labute approximate surface area is 136 Å². The number of nitrogens with one attached hydrogen (secondary N) is 1. The fourth-order valence-electron chi connectivity index (χ4n) is 2.65. The molecular weight excluding hydrogens is 276 g/mol. The minimum absolute atomic E-state index is 0.582. The number of hydrogen-bond acceptors (Lipinski definition) is 3. The highest BCUT2D eigenvalue weighted by Gasteiger charge is 2.18. The van der Waals surface area contributed by atoms with E-state index >= 15 is 0 Å². The normalized spacial score (nSPS) is 18.1. The third kappa shape index (κ3) is 9.26. The first-order valence-electron chi connectivity index (χ1n) is 8.95. The minimum Gasteiger partial charge on any atom is -0.382 e. The van der Waals surface area contributed by atoms with Crippen LogP contribution in [0, 0.1) is 11.8 Å². The number of nitrogens with zero attached hydrogens (tertiary/aromatic N) is 2. The van der Waals surface area contributed by atoms with Gasteiger partial charge in [-0.1, -0.05) is 13.8 Å². The molecule has 0 bridgehead atoms. The Morgan fingerprint density at radius 1 is 1.36 bits per heavy atom. The van der Waals surface area contributed by atoms with Crippen molar-refractivity contribution in [3.63, 3.8) is 0 Å². The molecule has 1 aliphatic rings. The van der Waals surface area contributed by atoms with Gasteiger partial charge in [0.25, 0.3) is 0 Å². The first-order valence-corrected chi connectivity index (χ1v) is 8.95. The smallest absolute Gasteiger partial charge is 0.188 e. The lowest BCUT2D eigenvalue weighted by Crippen LogP contribution is -2.37. The van der Waals surface area contributed by atoms with Gasteiger partial charge in [-0.3, -0.25) is 4.99 Å². The number of hydrogen-bond donors (Lipinski definition) is 2. The summed E-state index contributed by atoms with van der Waals surface area (Å²) in [5.41, 5.74) is 5.90. The van der Waals surface area contributed by atoms with Gasteiger partial charge in [-0.2, -0.15) is 0 Å². The Kier molecular flexibility index (Phi) is 10.2. The van der Waals surface area contributed by atoms with E-state index in [-0.39, 0.29) is 0 Å². The van der Waals surface area contributed by atoms with Crippen molar-refractivity contribution >= 4 is 5.96 Å². The van der Waals surface area contributed by atoms with Crippen molar-refractivity contribution in [1.29, 1.82) is 0 Å². The van der Waals surface area contributed by atoms with Crippen LogP contribution in [0.25, 0.3) is 0 Å². The van der Waals surface area contributed by atoms with Crippen molar-refractivity contribution in [3.8, 4) is 0 Å². The van der Waals surface area contributed by atoms with Crippen LogP contribution in [0.4, 0.5) is 0 Å². The van der Waals surface area contributed by atoms with E-state index in [1.165, 1.54) is 38.9 Å². The SMILES string of the molecule is CCOCCCNC(N)=NCC1CCN(CCC(C)C)CC1. The third-order valence-corrected chi connectivity index (χ3v) is 4.23. The molecule has 5 nitrogen and oxygen atoms in total. The van der Waals surface area contributed by atoms with Crippen molar-refractivity contribution < 1.29 is 4.74 Å². The summed E-state index contributed by atoms with van der Waals surface area (Å²) in [7, 11) is 0. The molecule has 1 aliphatic heterocycles. The van der Waals surface area contributed by atoms with Gasteiger partial charge in [0.1, 0.15) is 0 Å². The molecule has 0 radical (unpaired) electrons. The predicted molar refractivity (Wildman–Crippen MR) is 94.2 cm³/mol.